The maximum Gasteiger partial charge on any atom is 0.280 e. The van der Waals surface area contributed by atoms with E-state index in [9.17, 15) is 25.0 Å². The summed E-state index contributed by atoms with van der Waals surface area (Å²) in [6, 6.07) is 0. The summed E-state index contributed by atoms with van der Waals surface area (Å²) in [7, 11) is 1.40. The van der Waals surface area contributed by atoms with Gasteiger partial charge in [0.1, 0.15) is 30.2 Å². The van der Waals surface area contributed by atoms with E-state index in [4.69, 9.17) is 37.3 Å². The molecule has 0 bridgehead atoms. The van der Waals surface area contributed by atoms with E-state index in [1.807, 2.05) is 0 Å². The number of methoxy groups -OCH3 is 1. The Morgan fingerprint density at radius 2 is 1.88 bits per heavy atom. The van der Waals surface area contributed by atoms with Crippen LogP contribution >= 0.6 is 18.3 Å². The fourth-order valence-corrected chi connectivity index (χ4v) is 10.2. The Hall–Kier alpha value is -2.78. The number of anilines is 2. The Kier molecular flexibility index (Phi) is 7.71. The van der Waals surface area contributed by atoms with Gasteiger partial charge in [0.15, 0.2) is 35.3 Å². The van der Waals surface area contributed by atoms with Crippen molar-refractivity contribution in [1.29, 1.82) is 0 Å². The molecule has 226 valence electrons. The summed E-state index contributed by atoms with van der Waals surface area (Å²) < 4.78 is 20.5. The van der Waals surface area contributed by atoms with Crippen LogP contribution in [0.2, 0.25) is 0 Å². The van der Waals surface area contributed by atoms with Crippen molar-refractivity contribution in [1.82, 2.24) is 39.0 Å². The maximum absolute atomic E-state index is 12.3. The van der Waals surface area contributed by atoms with Gasteiger partial charge in [-0.05, 0) is 11.8 Å². The molecule has 2 aliphatic heterocycles. The first-order valence-corrected chi connectivity index (χ1v) is 16.2. The van der Waals surface area contributed by atoms with E-state index in [1.165, 1.54) is 30.7 Å². The molecule has 0 amide bonds. The molecule has 21 heteroatoms. The lowest BCUT2D eigenvalue weighted by Crippen LogP contribution is -2.37. The highest BCUT2D eigenvalue weighted by Crippen LogP contribution is 2.62. The minimum absolute atomic E-state index is 0.00386. The van der Waals surface area contributed by atoms with Crippen LogP contribution in [0.4, 0.5) is 11.8 Å². The number of aliphatic hydroxyl groups is 3. The van der Waals surface area contributed by atoms with E-state index in [0.29, 0.717) is 11.2 Å². The Morgan fingerprint density at radius 1 is 1.14 bits per heavy atom. The third kappa shape index (κ3) is 4.77. The summed E-state index contributed by atoms with van der Waals surface area (Å²) in [5.41, 5.74) is 10.7. The molecule has 9 atom stereocenters. The second kappa shape index (κ2) is 11.1. The molecule has 42 heavy (non-hydrogen) atoms. The van der Waals surface area contributed by atoms with E-state index in [2.05, 4.69) is 29.9 Å². The third-order valence-corrected chi connectivity index (χ3v) is 12.0. The number of nitrogens with one attached hydrogen (secondary N) is 1. The number of thioether (sulfide) groups is 1. The summed E-state index contributed by atoms with van der Waals surface area (Å²) >= 11 is 6.67. The number of fused-ring (bicyclic) bond motifs is 2. The smallest absolute Gasteiger partial charge is 0.280 e. The molecule has 6 heterocycles. The largest absolute Gasteiger partial charge is 0.395 e. The zero-order valence-electron chi connectivity index (χ0n) is 21.7. The molecule has 18 nitrogen and oxygen atoms in total. The predicted molar refractivity (Wildman–Crippen MR) is 153 cm³/mol. The lowest BCUT2D eigenvalue weighted by Gasteiger charge is -2.30. The Balaban J connectivity index is 1.26. The van der Waals surface area contributed by atoms with Crippen LogP contribution in [0.5, 0.6) is 0 Å². The molecule has 6 rings (SSSR count). The molecule has 2 fully saturated rings. The number of nitrogens with two attached hydrogens (primary N) is 2. The van der Waals surface area contributed by atoms with Crippen molar-refractivity contribution in [3.8, 4) is 0 Å². The molecule has 0 aromatic carbocycles. The zero-order valence-corrected chi connectivity index (χ0v) is 24.3. The highest BCUT2D eigenvalue weighted by Gasteiger charge is 2.53. The van der Waals surface area contributed by atoms with Gasteiger partial charge in [0, 0.05) is 7.11 Å². The zero-order chi connectivity index (χ0) is 29.9. The quantitative estimate of drug-likeness (QED) is 0.103. The number of aromatic nitrogens is 8. The van der Waals surface area contributed by atoms with Gasteiger partial charge >= 0.3 is 0 Å². The highest BCUT2D eigenvalue weighted by molar-refractivity contribution is 8.10. The second-order valence-corrected chi connectivity index (χ2v) is 14.6. The molecule has 1 unspecified atom stereocenters. The Bertz CT molecular complexity index is 1740. The van der Waals surface area contributed by atoms with E-state index in [0.717, 1.165) is 11.8 Å². The molecule has 0 spiro atoms. The third-order valence-electron chi connectivity index (χ3n) is 7.29. The van der Waals surface area contributed by atoms with Crippen molar-refractivity contribution >= 4 is 64.2 Å². The number of rotatable bonds is 8. The average molecular weight is 643 g/mol. The molecular formula is C21H27N10O8PS2. The van der Waals surface area contributed by atoms with E-state index in [1.54, 1.807) is 4.57 Å². The standard InChI is InChI=1S/C21H27N10O8PS2/c1-37-13-11(33)7(39-19(13)30-5-26-9-15(22)24-4-25-16(9)30)3-38-40(36,41)14-12(34)8(2-32)42-20(14)31-6-27-10-17(31)28-21(23)29-18(10)35/h4-8,11-14,19-20,32-34H,2-3H2,1H3,(H,36,41)(H2,22,24,25)(H3,23,28,29,35)/t7-,8-,11-,12-,13-,14-,19-,20-,40?/m1/s1. The first-order valence-electron chi connectivity index (χ1n) is 12.5. The van der Waals surface area contributed by atoms with Gasteiger partial charge in [-0.25, -0.2) is 19.9 Å². The minimum atomic E-state index is -3.91. The van der Waals surface area contributed by atoms with Crippen LogP contribution in [0.3, 0.4) is 0 Å². The van der Waals surface area contributed by atoms with Gasteiger partial charge in [-0.2, -0.15) is 4.98 Å². The summed E-state index contributed by atoms with van der Waals surface area (Å²) in [4.78, 5) is 46.8. The molecule has 0 saturated carbocycles. The highest BCUT2D eigenvalue weighted by atomic mass is 32.5. The van der Waals surface area contributed by atoms with Gasteiger partial charge in [-0.15, -0.1) is 11.8 Å². The summed E-state index contributed by atoms with van der Waals surface area (Å²) in [5, 5.41) is 30.5. The molecule has 0 aliphatic carbocycles. The number of ether oxygens (including phenoxy) is 2. The molecular weight excluding hydrogens is 615 g/mol. The summed E-state index contributed by atoms with van der Waals surface area (Å²) in [6.07, 6.45) is -1.26. The summed E-state index contributed by atoms with van der Waals surface area (Å²) in [6.45, 7) is -4.70. The van der Waals surface area contributed by atoms with Gasteiger partial charge in [-0.3, -0.25) is 14.3 Å². The predicted octanol–water partition coefficient (Wildman–Crippen LogP) is -1.95. The number of aliphatic hydroxyl groups excluding tert-OH is 3. The number of imidazole rings is 2. The first-order chi connectivity index (χ1) is 20.1. The van der Waals surface area contributed by atoms with Crippen molar-refractivity contribution in [3.63, 3.8) is 0 Å². The number of nitrogens with zero attached hydrogens (tertiary/aromatic N) is 7. The minimum Gasteiger partial charge on any atom is -0.395 e. The second-order valence-electron chi connectivity index (χ2n) is 9.70. The van der Waals surface area contributed by atoms with Crippen molar-refractivity contribution in [2.24, 2.45) is 0 Å². The van der Waals surface area contributed by atoms with Crippen LogP contribution in [-0.4, -0.2) is 115 Å². The van der Waals surface area contributed by atoms with Crippen LogP contribution < -0.4 is 17.0 Å². The van der Waals surface area contributed by atoms with Crippen LogP contribution in [0.15, 0.2) is 23.8 Å². The topological polar surface area (TPSA) is 268 Å². The monoisotopic (exact) mass is 642 g/mol. The van der Waals surface area contributed by atoms with E-state index >= 15 is 0 Å². The molecule has 4 aromatic rings. The molecule has 2 aliphatic rings. The van der Waals surface area contributed by atoms with Crippen molar-refractivity contribution in [3.05, 3.63) is 29.3 Å². The van der Waals surface area contributed by atoms with E-state index < -0.39 is 65.6 Å². The number of aromatic amines is 1. The first kappa shape index (κ1) is 29.3. The van der Waals surface area contributed by atoms with Gasteiger partial charge in [0.05, 0.1) is 48.3 Å². The van der Waals surface area contributed by atoms with Gasteiger partial charge in [0.2, 0.25) is 5.95 Å². The van der Waals surface area contributed by atoms with Crippen molar-refractivity contribution in [2.45, 2.75) is 46.9 Å². The SMILES string of the molecule is CO[C@@H]1[C@H](O)[C@@H](COP(O)(=S)[C@@H]2[C@H](O)[C@@H](CO)S[C@H]2n2cnc3c(=O)[nH]c(N)nc32)O[C@H]1n1cnc2c(N)ncnc21. The normalized spacial score (nSPS) is 31.3. The maximum atomic E-state index is 12.3. The number of hydrogen-bond acceptors (Lipinski definition) is 16. The van der Waals surface area contributed by atoms with Crippen LogP contribution in [0.25, 0.3) is 22.3 Å². The van der Waals surface area contributed by atoms with Crippen LogP contribution in [0.1, 0.15) is 11.6 Å². The fraction of sp³-hybridized carbons (Fsp3) is 0.524. The molecule has 4 aromatic heterocycles. The number of hydrogen-bond donors (Lipinski definition) is 7. The van der Waals surface area contributed by atoms with Gasteiger partial charge in [0.25, 0.3) is 5.56 Å². The Morgan fingerprint density at radius 3 is 2.62 bits per heavy atom. The molecule has 9 N–H and O–H groups in total. The molecule has 0 radical (unpaired) electrons. The van der Waals surface area contributed by atoms with Crippen molar-refractivity contribution in [2.75, 3.05) is 31.8 Å². The fourth-order valence-electron chi connectivity index (χ4n) is 5.25. The van der Waals surface area contributed by atoms with Crippen LogP contribution in [0, 0.1) is 0 Å². The number of H-pyrrole nitrogens is 1. The Labute approximate surface area is 245 Å². The average Bonchev–Trinajstić information content (AvgIpc) is 3.71. The van der Waals surface area contributed by atoms with E-state index in [-0.39, 0.29) is 29.5 Å². The van der Waals surface area contributed by atoms with Gasteiger partial charge < -0.3 is 50.2 Å². The summed E-state index contributed by atoms with van der Waals surface area (Å²) in [5.74, 6) is 0.0196. The number of nitrogen functional groups attached to an aromatic ring is 2. The van der Waals surface area contributed by atoms with Gasteiger partial charge in [-0.1, -0.05) is 0 Å². The molecule has 2 saturated heterocycles. The lowest BCUT2D eigenvalue weighted by molar-refractivity contribution is -0.0562. The van der Waals surface area contributed by atoms with Crippen molar-refractivity contribution < 1.29 is 34.2 Å². The van der Waals surface area contributed by atoms with Crippen LogP contribution in [-0.2, 0) is 25.8 Å². The lowest BCUT2D eigenvalue weighted by atomic mass is 10.1.